The van der Waals surface area contributed by atoms with Gasteiger partial charge in [0.25, 0.3) is 0 Å². The largest absolute Gasteiger partial charge is 0.368 e. The van der Waals surface area contributed by atoms with Crippen LogP contribution in [0.2, 0.25) is 5.02 Å². The lowest BCUT2D eigenvalue weighted by atomic mass is 10.1. The summed E-state index contributed by atoms with van der Waals surface area (Å²) in [5, 5.41) is 0.676. The zero-order chi connectivity index (χ0) is 18.1. The zero-order valence-electron chi connectivity index (χ0n) is 14.2. The van der Waals surface area contributed by atoms with Crippen molar-refractivity contribution >= 4 is 34.2 Å². The number of fused-ring (bicyclic) bond motifs is 1. The van der Waals surface area contributed by atoms with Crippen LogP contribution in [0.25, 0.3) is 11.0 Å². The number of carbonyl (C=O) groups excluding carboxylic acids is 1. The standard InChI is InChI=1S/C19H19ClN4O2/c20-14-3-1-13(2-4-14)11-18(25)24-9-7-23(8-10-24)15-5-6-16-17(12-15)22-19(26)21-16/h1-6,12H,7-11H2,(H2,21,22,26). The number of hydrogen-bond acceptors (Lipinski definition) is 3. The van der Waals surface area contributed by atoms with E-state index in [0.29, 0.717) is 24.5 Å². The third-order valence-corrected chi connectivity index (χ3v) is 5.02. The number of halogens is 1. The molecule has 0 atom stereocenters. The van der Waals surface area contributed by atoms with Crippen LogP contribution < -0.4 is 10.6 Å². The van der Waals surface area contributed by atoms with Crippen molar-refractivity contribution in [1.82, 2.24) is 14.9 Å². The minimum Gasteiger partial charge on any atom is -0.368 e. The number of nitrogens with one attached hydrogen (secondary N) is 2. The maximum Gasteiger partial charge on any atom is 0.323 e. The predicted octanol–water partition coefficient (Wildman–Crippen LogP) is 2.40. The molecular weight excluding hydrogens is 352 g/mol. The van der Waals surface area contributed by atoms with Gasteiger partial charge in [-0.15, -0.1) is 0 Å². The average Bonchev–Trinajstić information content (AvgIpc) is 3.03. The van der Waals surface area contributed by atoms with Crippen molar-refractivity contribution in [3.05, 3.63) is 63.5 Å². The summed E-state index contributed by atoms with van der Waals surface area (Å²) in [5.41, 5.74) is 3.43. The van der Waals surface area contributed by atoms with Gasteiger partial charge >= 0.3 is 5.69 Å². The Morgan fingerprint density at radius 3 is 2.38 bits per heavy atom. The molecule has 26 heavy (non-hydrogen) atoms. The van der Waals surface area contributed by atoms with Gasteiger partial charge in [-0.2, -0.15) is 0 Å². The first-order valence-electron chi connectivity index (χ1n) is 8.58. The lowest BCUT2D eigenvalue weighted by Crippen LogP contribution is -2.49. The lowest BCUT2D eigenvalue weighted by Gasteiger charge is -2.36. The molecule has 2 aromatic carbocycles. The van der Waals surface area contributed by atoms with Crippen molar-refractivity contribution in [2.45, 2.75) is 6.42 Å². The number of benzene rings is 2. The summed E-state index contributed by atoms with van der Waals surface area (Å²) < 4.78 is 0. The van der Waals surface area contributed by atoms with Crippen LogP contribution in [0, 0.1) is 0 Å². The van der Waals surface area contributed by atoms with Gasteiger partial charge in [0.15, 0.2) is 0 Å². The van der Waals surface area contributed by atoms with Crippen LogP contribution in [0.3, 0.4) is 0 Å². The Labute approximate surface area is 155 Å². The zero-order valence-corrected chi connectivity index (χ0v) is 14.9. The molecular formula is C19H19ClN4O2. The highest BCUT2D eigenvalue weighted by molar-refractivity contribution is 6.30. The highest BCUT2D eigenvalue weighted by Gasteiger charge is 2.21. The summed E-state index contributed by atoms with van der Waals surface area (Å²) in [7, 11) is 0. The number of piperazine rings is 1. The molecule has 4 rings (SSSR count). The van der Waals surface area contributed by atoms with E-state index in [2.05, 4.69) is 14.9 Å². The second-order valence-corrected chi connectivity index (χ2v) is 6.92. The Hall–Kier alpha value is -2.73. The van der Waals surface area contributed by atoms with Crippen LogP contribution in [-0.4, -0.2) is 47.0 Å². The first-order valence-corrected chi connectivity index (χ1v) is 8.95. The molecule has 1 aliphatic rings. The highest BCUT2D eigenvalue weighted by atomic mass is 35.5. The van der Waals surface area contributed by atoms with Crippen molar-refractivity contribution in [3.8, 4) is 0 Å². The van der Waals surface area contributed by atoms with Crippen LogP contribution in [0.5, 0.6) is 0 Å². The molecule has 3 aromatic rings. The predicted molar refractivity (Wildman–Crippen MR) is 103 cm³/mol. The molecule has 1 amide bonds. The Kier molecular flexibility index (Phi) is 4.42. The fourth-order valence-electron chi connectivity index (χ4n) is 3.32. The summed E-state index contributed by atoms with van der Waals surface area (Å²) in [4.78, 5) is 33.6. The average molecular weight is 371 g/mol. The highest BCUT2D eigenvalue weighted by Crippen LogP contribution is 2.21. The van der Waals surface area contributed by atoms with Crippen LogP contribution in [-0.2, 0) is 11.2 Å². The molecule has 0 unspecified atom stereocenters. The molecule has 1 fully saturated rings. The third-order valence-electron chi connectivity index (χ3n) is 4.77. The molecule has 0 radical (unpaired) electrons. The van der Waals surface area contributed by atoms with E-state index in [4.69, 9.17) is 11.6 Å². The molecule has 1 aliphatic heterocycles. The second kappa shape index (κ2) is 6.88. The van der Waals surface area contributed by atoms with Crippen LogP contribution in [0.1, 0.15) is 5.56 Å². The maximum atomic E-state index is 12.5. The van der Waals surface area contributed by atoms with E-state index < -0.39 is 0 Å². The van der Waals surface area contributed by atoms with E-state index in [1.54, 1.807) is 0 Å². The molecule has 6 nitrogen and oxygen atoms in total. The SMILES string of the molecule is O=C(Cc1ccc(Cl)cc1)N1CCN(c2ccc3[nH]c(=O)[nH]c3c2)CC1. The molecule has 7 heteroatoms. The Morgan fingerprint density at radius 2 is 1.65 bits per heavy atom. The quantitative estimate of drug-likeness (QED) is 0.743. The second-order valence-electron chi connectivity index (χ2n) is 6.48. The number of nitrogens with zero attached hydrogens (tertiary/aromatic N) is 2. The summed E-state index contributed by atoms with van der Waals surface area (Å²) >= 11 is 5.89. The van der Waals surface area contributed by atoms with E-state index in [-0.39, 0.29) is 11.6 Å². The number of amides is 1. The number of aromatic nitrogens is 2. The van der Waals surface area contributed by atoms with Crippen LogP contribution >= 0.6 is 11.6 Å². The first-order chi connectivity index (χ1) is 12.6. The molecule has 1 saturated heterocycles. The van der Waals surface area contributed by atoms with Crippen molar-refractivity contribution in [2.24, 2.45) is 0 Å². The fraction of sp³-hybridized carbons (Fsp3) is 0.263. The number of H-pyrrole nitrogens is 2. The molecule has 1 aromatic heterocycles. The molecule has 0 bridgehead atoms. The normalized spacial score (nSPS) is 14.8. The molecule has 0 saturated carbocycles. The maximum absolute atomic E-state index is 12.5. The van der Waals surface area contributed by atoms with Gasteiger partial charge in [-0.1, -0.05) is 23.7 Å². The van der Waals surface area contributed by atoms with E-state index in [1.807, 2.05) is 47.4 Å². The molecule has 0 spiro atoms. The van der Waals surface area contributed by atoms with Gasteiger partial charge in [0.05, 0.1) is 17.5 Å². The van der Waals surface area contributed by atoms with Crippen molar-refractivity contribution in [3.63, 3.8) is 0 Å². The van der Waals surface area contributed by atoms with Crippen LogP contribution in [0.4, 0.5) is 5.69 Å². The summed E-state index contributed by atoms with van der Waals surface area (Å²) in [5.74, 6) is 0.136. The van der Waals surface area contributed by atoms with E-state index >= 15 is 0 Å². The summed E-state index contributed by atoms with van der Waals surface area (Å²) in [6, 6.07) is 13.3. The molecule has 0 aliphatic carbocycles. The minimum atomic E-state index is -0.199. The molecule has 2 N–H and O–H groups in total. The summed E-state index contributed by atoms with van der Waals surface area (Å²) in [6.07, 6.45) is 0.397. The fourth-order valence-corrected chi connectivity index (χ4v) is 3.45. The number of aromatic amines is 2. The van der Waals surface area contributed by atoms with E-state index in [9.17, 15) is 9.59 Å². The number of anilines is 1. The monoisotopic (exact) mass is 370 g/mol. The van der Waals surface area contributed by atoms with E-state index in [0.717, 1.165) is 35.4 Å². The Morgan fingerprint density at radius 1 is 0.962 bits per heavy atom. The smallest absolute Gasteiger partial charge is 0.323 e. The van der Waals surface area contributed by atoms with Crippen LogP contribution in [0.15, 0.2) is 47.3 Å². The number of hydrogen-bond donors (Lipinski definition) is 2. The van der Waals surface area contributed by atoms with E-state index in [1.165, 1.54) is 0 Å². The Balaban J connectivity index is 1.38. The van der Waals surface area contributed by atoms with Crippen molar-refractivity contribution in [2.75, 3.05) is 31.1 Å². The number of imidazole rings is 1. The van der Waals surface area contributed by atoms with Gasteiger partial charge in [-0.25, -0.2) is 4.79 Å². The Bertz CT molecular complexity index is 985. The van der Waals surface area contributed by atoms with Gasteiger partial charge in [0.1, 0.15) is 0 Å². The summed E-state index contributed by atoms with van der Waals surface area (Å²) in [6.45, 7) is 2.92. The van der Waals surface area contributed by atoms with Gasteiger partial charge < -0.3 is 19.8 Å². The molecule has 2 heterocycles. The third kappa shape index (κ3) is 3.46. The van der Waals surface area contributed by atoms with Crippen molar-refractivity contribution in [1.29, 1.82) is 0 Å². The van der Waals surface area contributed by atoms with Gasteiger partial charge in [0, 0.05) is 36.9 Å². The first kappa shape index (κ1) is 16.7. The van der Waals surface area contributed by atoms with Crippen molar-refractivity contribution < 1.29 is 4.79 Å². The number of rotatable bonds is 3. The topological polar surface area (TPSA) is 72.2 Å². The minimum absolute atomic E-state index is 0.136. The molecule has 134 valence electrons. The number of carbonyl (C=O) groups is 1. The van der Waals surface area contributed by atoms with Gasteiger partial charge in [-0.3, -0.25) is 4.79 Å². The van der Waals surface area contributed by atoms with Gasteiger partial charge in [0.2, 0.25) is 5.91 Å². The lowest BCUT2D eigenvalue weighted by molar-refractivity contribution is -0.130. The van der Waals surface area contributed by atoms with Gasteiger partial charge in [-0.05, 0) is 35.9 Å².